The predicted octanol–water partition coefficient (Wildman–Crippen LogP) is 4.62. The van der Waals surface area contributed by atoms with Crippen molar-refractivity contribution >= 4 is 16.8 Å². The van der Waals surface area contributed by atoms with Gasteiger partial charge in [0.2, 0.25) is 0 Å². The van der Waals surface area contributed by atoms with E-state index >= 15 is 0 Å². The van der Waals surface area contributed by atoms with E-state index < -0.39 is 0 Å². The van der Waals surface area contributed by atoms with Crippen molar-refractivity contribution in [3.8, 4) is 6.07 Å². The molecule has 1 heterocycles. The third-order valence-corrected chi connectivity index (χ3v) is 5.26. The van der Waals surface area contributed by atoms with E-state index in [-0.39, 0.29) is 5.91 Å². The zero-order valence-electron chi connectivity index (χ0n) is 15.1. The van der Waals surface area contributed by atoms with Crippen molar-refractivity contribution in [2.75, 3.05) is 6.54 Å². The van der Waals surface area contributed by atoms with Crippen molar-refractivity contribution < 1.29 is 4.79 Å². The number of benzene rings is 1. The molecule has 1 aromatic heterocycles. The summed E-state index contributed by atoms with van der Waals surface area (Å²) in [6, 6.07) is 7.92. The number of nitrogens with zero attached hydrogens (tertiary/aromatic N) is 2. The first-order valence-corrected chi connectivity index (χ1v) is 9.54. The van der Waals surface area contributed by atoms with Gasteiger partial charge in [-0.2, -0.15) is 5.26 Å². The Hall–Kier alpha value is -2.28. The lowest BCUT2D eigenvalue weighted by Gasteiger charge is -2.14. The van der Waals surface area contributed by atoms with Crippen LogP contribution in [-0.4, -0.2) is 17.0 Å². The van der Waals surface area contributed by atoms with Gasteiger partial charge in [0.15, 0.2) is 0 Å². The summed E-state index contributed by atoms with van der Waals surface area (Å²) < 4.78 is 2.09. The van der Waals surface area contributed by atoms with Crippen LogP contribution in [0.1, 0.15) is 67.8 Å². The highest BCUT2D eigenvalue weighted by molar-refractivity contribution is 6.08. The normalized spacial score (nSPS) is 15.7. The molecule has 3 rings (SSSR count). The summed E-state index contributed by atoms with van der Waals surface area (Å²) in [4.78, 5) is 12.8. The highest BCUT2D eigenvalue weighted by Gasteiger charge is 2.19. The summed E-state index contributed by atoms with van der Waals surface area (Å²) in [6.45, 7) is 3.71. The van der Waals surface area contributed by atoms with Gasteiger partial charge in [-0.1, -0.05) is 38.7 Å². The van der Waals surface area contributed by atoms with Gasteiger partial charge in [0.05, 0.1) is 22.7 Å². The molecule has 0 bridgehead atoms. The minimum atomic E-state index is -0.0493. The van der Waals surface area contributed by atoms with Crippen molar-refractivity contribution in [1.29, 1.82) is 5.26 Å². The van der Waals surface area contributed by atoms with Gasteiger partial charge in [-0.25, -0.2) is 0 Å². The SMILES string of the molecule is CCCn1cc(C(=O)NCC2CCCCCC2)c2c(C#N)cccc21. The van der Waals surface area contributed by atoms with Gasteiger partial charge in [0, 0.05) is 24.7 Å². The molecule has 0 saturated heterocycles. The van der Waals surface area contributed by atoms with Crippen LogP contribution in [0.15, 0.2) is 24.4 Å². The van der Waals surface area contributed by atoms with E-state index in [0.29, 0.717) is 17.0 Å². The average Bonchev–Trinajstić information content (AvgIpc) is 2.82. The standard InChI is InChI=1S/C21H27N3O/c1-2-12-24-15-18(20-17(13-22)10-7-11-19(20)24)21(25)23-14-16-8-5-3-4-6-9-16/h7,10-11,15-16H,2-6,8-9,12,14H2,1H3,(H,23,25). The van der Waals surface area contributed by atoms with Crippen molar-refractivity contribution in [2.24, 2.45) is 5.92 Å². The molecule has 0 spiro atoms. The maximum Gasteiger partial charge on any atom is 0.253 e. The van der Waals surface area contributed by atoms with Crippen LogP contribution in [0.25, 0.3) is 10.9 Å². The zero-order chi connectivity index (χ0) is 17.6. The summed E-state index contributed by atoms with van der Waals surface area (Å²) >= 11 is 0. The van der Waals surface area contributed by atoms with Gasteiger partial charge >= 0.3 is 0 Å². The number of carbonyl (C=O) groups is 1. The summed E-state index contributed by atoms with van der Waals surface area (Å²) in [7, 11) is 0. The van der Waals surface area contributed by atoms with Gasteiger partial charge in [0.25, 0.3) is 5.91 Å². The van der Waals surface area contributed by atoms with Crippen LogP contribution in [0.4, 0.5) is 0 Å². The van der Waals surface area contributed by atoms with Crippen molar-refractivity contribution in [2.45, 2.75) is 58.4 Å². The van der Waals surface area contributed by atoms with Crippen molar-refractivity contribution in [3.05, 3.63) is 35.5 Å². The summed E-state index contributed by atoms with van der Waals surface area (Å²) in [6.07, 6.45) is 10.5. The molecule has 132 valence electrons. The Bertz CT molecular complexity index is 776. The first-order chi connectivity index (χ1) is 12.2. The van der Waals surface area contributed by atoms with E-state index in [0.717, 1.165) is 30.4 Å². The Kier molecular flexibility index (Phi) is 5.75. The molecule has 4 nitrogen and oxygen atoms in total. The highest BCUT2D eigenvalue weighted by Crippen LogP contribution is 2.26. The number of hydrogen-bond acceptors (Lipinski definition) is 2. The Morgan fingerprint density at radius 1 is 1.28 bits per heavy atom. The summed E-state index contributed by atoms with van der Waals surface area (Å²) in [5.74, 6) is 0.540. The van der Waals surface area contributed by atoms with Crippen molar-refractivity contribution in [1.82, 2.24) is 9.88 Å². The van der Waals surface area contributed by atoms with Gasteiger partial charge < -0.3 is 9.88 Å². The highest BCUT2D eigenvalue weighted by atomic mass is 16.1. The number of aromatic nitrogens is 1. The maximum absolute atomic E-state index is 12.8. The van der Waals surface area contributed by atoms with E-state index in [1.165, 1.54) is 38.5 Å². The molecule has 25 heavy (non-hydrogen) atoms. The molecular weight excluding hydrogens is 310 g/mol. The molecule has 1 fully saturated rings. The lowest BCUT2D eigenvalue weighted by molar-refractivity contribution is 0.0947. The molecule has 0 atom stereocenters. The van der Waals surface area contributed by atoms with Crippen LogP contribution < -0.4 is 5.32 Å². The molecule has 1 N–H and O–H groups in total. The molecule has 1 amide bonds. The van der Waals surface area contributed by atoms with E-state index in [9.17, 15) is 10.1 Å². The number of nitriles is 1. The van der Waals surface area contributed by atoms with Crippen LogP contribution in [-0.2, 0) is 6.54 Å². The number of aryl methyl sites for hydroxylation is 1. The molecule has 1 saturated carbocycles. The first kappa shape index (κ1) is 17.5. The van der Waals surface area contributed by atoms with Gasteiger partial charge in [-0.05, 0) is 37.3 Å². The molecule has 1 aromatic carbocycles. The fourth-order valence-electron chi connectivity index (χ4n) is 3.94. The smallest absolute Gasteiger partial charge is 0.253 e. The molecule has 2 aromatic rings. The molecule has 1 aliphatic carbocycles. The van der Waals surface area contributed by atoms with Crippen LogP contribution in [0.2, 0.25) is 0 Å². The molecule has 4 heteroatoms. The molecular formula is C21H27N3O. The molecule has 0 aliphatic heterocycles. The summed E-state index contributed by atoms with van der Waals surface area (Å²) in [5, 5.41) is 13.4. The molecule has 0 radical (unpaired) electrons. The summed E-state index contributed by atoms with van der Waals surface area (Å²) in [5.41, 5.74) is 2.18. The van der Waals surface area contributed by atoms with Gasteiger partial charge in [0.1, 0.15) is 0 Å². The Balaban J connectivity index is 1.84. The predicted molar refractivity (Wildman–Crippen MR) is 100 cm³/mol. The van der Waals surface area contributed by atoms with Crippen molar-refractivity contribution in [3.63, 3.8) is 0 Å². The lowest BCUT2D eigenvalue weighted by atomic mass is 10.00. The average molecular weight is 337 g/mol. The number of nitrogens with one attached hydrogen (secondary N) is 1. The monoisotopic (exact) mass is 337 g/mol. The Morgan fingerprint density at radius 2 is 2.04 bits per heavy atom. The second kappa shape index (κ2) is 8.20. The Labute approximate surface area is 149 Å². The maximum atomic E-state index is 12.8. The minimum Gasteiger partial charge on any atom is -0.352 e. The minimum absolute atomic E-state index is 0.0493. The van der Waals surface area contributed by atoms with E-state index in [1.54, 1.807) is 6.07 Å². The second-order valence-electron chi connectivity index (χ2n) is 7.12. The fraction of sp³-hybridized carbons (Fsp3) is 0.524. The van der Waals surface area contributed by atoms with E-state index in [1.807, 2.05) is 18.3 Å². The largest absolute Gasteiger partial charge is 0.352 e. The fourth-order valence-corrected chi connectivity index (χ4v) is 3.94. The quantitative estimate of drug-likeness (QED) is 0.809. The Morgan fingerprint density at radius 3 is 2.72 bits per heavy atom. The van der Waals surface area contributed by atoms with E-state index in [2.05, 4.69) is 22.9 Å². The number of carbonyl (C=O) groups excluding carboxylic acids is 1. The number of amides is 1. The van der Waals surface area contributed by atoms with Gasteiger partial charge in [-0.15, -0.1) is 0 Å². The number of rotatable bonds is 5. The van der Waals surface area contributed by atoms with E-state index in [4.69, 9.17) is 0 Å². The van der Waals surface area contributed by atoms with Crippen LogP contribution in [0.5, 0.6) is 0 Å². The third kappa shape index (κ3) is 3.87. The second-order valence-corrected chi connectivity index (χ2v) is 7.12. The molecule has 0 unspecified atom stereocenters. The van der Waals surface area contributed by atoms with Crippen LogP contribution >= 0.6 is 0 Å². The topological polar surface area (TPSA) is 57.8 Å². The zero-order valence-corrected chi connectivity index (χ0v) is 15.1. The van der Waals surface area contributed by atoms with Crippen LogP contribution in [0, 0.1) is 17.2 Å². The third-order valence-electron chi connectivity index (χ3n) is 5.26. The lowest BCUT2D eigenvalue weighted by Crippen LogP contribution is -2.29. The molecule has 1 aliphatic rings. The van der Waals surface area contributed by atoms with Crippen LogP contribution in [0.3, 0.4) is 0 Å². The van der Waals surface area contributed by atoms with Gasteiger partial charge in [-0.3, -0.25) is 4.79 Å². The number of hydrogen-bond donors (Lipinski definition) is 1. The first-order valence-electron chi connectivity index (χ1n) is 9.54. The number of fused-ring (bicyclic) bond motifs is 1.